The zero-order chi connectivity index (χ0) is 13.3. The highest BCUT2D eigenvalue weighted by atomic mass is 19.4. The molecule has 5 heteroatoms. The van der Waals surface area contributed by atoms with Crippen molar-refractivity contribution in [1.82, 2.24) is 0 Å². The number of carboxylic acids is 1. The SMILES string of the molecule is O=C(O)c1ccc(C2CCCC2)c(C(F)(F)F)c1. The van der Waals surface area contributed by atoms with Crippen LogP contribution in [-0.4, -0.2) is 11.1 Å². The fourth-order valence-electron chi connectivity index (χ4n) is 2.53. The van der Waals surface area contributed by atoms with E-state index in [2.05, 4.69) is 0 Å². The zero-order valence-electron chi connectivity index (χ0n) is 9.63. The highest BCUT2D eigenvalue weighted by Gasteiger charge is 2.36. The molecule has 1 aliphatic rings. The third-order valence-corrected chi connectivity index (χ3v) is 3.40. The van der Waals surface area contributed by atoms with Crippen molar-refractivity contribution in [3.8, 4) is 0 Å². The van der Waals surface area contributed by atoms with Gasteiger partial charge in [0.2, 0.25) is 0 Å². The Morgan fingerprint density at radius 3 is 2.33 bits per heavy atom. The van der Waals surface area contributed by atoms with Crippen LogP contribution in [-0.2, 0) is 6.18 Å². The summed E-state index contributed by atoms with van der Waals surface area (Å²) < 4.78 is 38.9. The van der Waals surface area contributed by atoms with E-state index in [0.717, 1.165) is 31.7 Å². The largest absolute Gasteiger partial charge is 0.478 e. The van der Waals surface area contributed by atoms with Crippen LogP contribution in [0.15, 0.2) is 18.2 Å². The van der Waals surface area contributed by atoms with Crippen molar-refractivity contribution in [3.05, 3.63) is 34.9 Å². The summed E-state index contributed by atoms with van der Waals surface area (Å²) in [5.74, 6) is -1.43. The maximum atomic E-state index is 13.0. The fourth-order valence-corrected chi connectivity index (χ4v) is 2.53. The summed E-state index contributed by atoms with van der Waals surface area (Å²) in [5, 5.41) is 8.76. The van der Waals surface area contributed by atoms with Gasteiger partial charge in [-0.05, 0) is 36.5 Å². The summed E-state index contributed by atoms with van der Waals surface area (Å²) >= 11 is 0. The van der Waals surface area contributed by atoms with Gasteiger partial charge in [0, 0.05) is 0 Å². The first-order chi connectivity index (χ1) is 8.39. The number of benzene rings is 1. The van der Waals surface area contributed by atoms with Crippen LogP contribution in [0.2, 0.25) is 0 Å². The summed E-state index contributed by atoms with van der Waals surface area (Å²) in [5.41, 5.74) is -0.872. The normalized spacial score (nSPS) is 17.1. The van der Waals surface area contributed by atoms with E-state index < -0.39 is 17.7 Å². The van der Waals surface area contributed by atoms with Gasteiger partial charge in [-0.3, -0.25) is 0 Å². The Morgan fingerprint density at radius 2 is 1.83 bits per heavy atom. The van der Waals surface area contributed by atoms with Crippen molar-refractivity contribution in [3.63, 3.8) is 0 Å². The van der Waals surface area contributed by atoms with Crippen LogP contribution in [0.1, 0.15) is 53.1 Å². The number of hydrogen-bond donors (Lipinski definition) is 1. The average molecular weight is 258 g/mol. The zero-order valence-corrected chi connectivity index (χ0v) is 9.63. The van der Waals surface area contributed by atoms with Crippen molar-refractivity contribution in [2.75, 3.05) is 0 Å². The van der Waals surface area contributed by atoms with Gasteiger partial charge in [0.15, 0.2) is 0 Å². The van der Waals surface area contributed by atoms with Gasteiger partial charge >= 0.3 is 12.1 Å². The molecule has 2 rings (SSSR count). The maximum absolute atomic E-state index is 13.0. The lowest BCUT2D eigenvalue weighted by molar-refractivity contribution is -0.138. The van der Waals surface area contributed by atoms with E-state index in [1.165, 1.54) is 12.1 Å². The lowest BCUT2D eigenvalue weighted by atomic mass is 9.91. The summed E-state index contributed by atoms with van der Waals surface area (Å²) in [7, 11) is 0. The Balaban J connectivity index is 2.48. The monoisotopic (exact) mass is 258 g/mol. The molecule has 1 fully saturated rings. The molecule has 0 heterocycles. The van der Waals surface area contributed by atoms with Crippen LogP contribution < -0.4 is 0 Å². The molecule has 0 unspecified atom stereocenters. The number of alkyl halides is 3. The fraction of sp³-hybridized carbons (Fsp3) is 0.462. The van der Waals surface area contributed by atoms with Crippen LogP contribution in [0.3, 0.4) is 0 Å². The Hall–Kier alpha value is -1.52. The van der Waals surface area contributed by atoms with Gasteiger partial charge in [0.25, 0.3) is 0 Å². The lowest BCUT2D eigenvalue weighted by Gasteiger charge is -2.18. The van der Waals surface area contributed by atoms with E-state index in [1.807, 2.05) is 0 Å². The van der Waals surface area contributed by atoms with Crippen LogP contribution in [0.5, 0.6) is 0 Å². The topological polar surface area (TPSA) is 37.3 Å². The number of carbonyl (C=O) groups is 1. The molecule has 98 valence electrons. The van der Waals surface area contributed by atoms with E-state index in [-0.39, 0.29) is 17.0 Å². The van der Waals surface area contributed by atoms with Crippen LogP contribution in [0, 0.1) is 0 Å². The highest BCUT2D eigenvalue weighted by Crippen LogP contribution is 2.41. The molecule has 0 radical (unpaired) electrons. The lowest BCUT2D eigenvalue weighted by Crippen LogP contribution is -2.13. The van der Waals surface area contributed by atoms with E-state index in [9.17, 15) is 18.0 Å². The quantitative estimate of drug-likeness (QED) is 0.868. The number of hydrogen-bond acceptors (Lipinski definition) is 1. The summed E-state index contributed by atoms with van der Waals surface area (Å²) in [6, 6.07) is 3.32. The number of aromatic carboxylic acids is 1. The second kappa shape index (κ2) is 4.63. The predicted octanol–water partition coefficient (Wildman–Crippen LogP) is 4.06. The van der Waals surface area contributed by atoms with E-state index in [4.69, 9.17) is 5.11 Å². The van der Waals surface area contributed by atoms with Crippen LogP contribution in [0.4, 0.5) is 13.2 Å². The van der Waals surface area contributed by atoms with Gasteiger partial charge in [-0.25, -0.2) is 4.79 Å². The summed E-state index contributed by atoms with van der Waals surface area (Å²) in [6.07, 6.45) is -1.14. The Morgan fingerprint density at radius 1 is 1.22 bits per heavy atom. The second-order valence-corrected chi connectivity index (χ2v) is 4.59. The molecule has 2 nitrogen and oxygen atoms in total. The van der Waals surface area contributed by atoms with E-state index in [0.29, 0.717) is 0 Å². The van der Waals surface area contributed by atoms with Gasteiger partial charge in [0.05, 0.1) is 11.1 Å². The first-order valence-corrected chi connectivity index (χ1v) is 5.84. The van der Waals surface area contributed by atoms with Gasteiger partial charge in [-0.15, -0.1) is 0 Å². The maximum Gasteiger partial charge on any atom is 0.416 e. The van der Waals surface area contributed by atoms with Crippen molar-refractivity contribution in [2.24, 2.45) is 0 Å². The number of rotatable bonds is 2. The number of halogens is 3. The molecule has 1 N–H and O–H groups in total. The van der Waals surface area contributed by atoms with Gasteiger partial charge in [0.1, 0.15) is 0 Å². The molecule has 0 bridgehead atoms. The Bertz CT molecular complexity index is 460. The minimum atomic E-state index is -4.50. The molecule has 18 heavy (non-hydrogen) atoms. The van der Waals surface area contributed by atoms with Gasteiger partial charge < -0.3 is 5.11 Å². The molecule has 1 aromatic rings. The van der Waals surface area contributed by atoms with Gasteiger partial charge in [-0.1, -0.05) is 18.9 Å². The predicted molar refractivity (Wildman–Crippen MR) is 59.6 cm³/mol. The first kappa shape index (κ1) is 12.9. The highest BCUT2D eigenvalue weighted by molar-refractivity contribution is 5.88. The van der Waals surface area contributed by atoms with Gasteiger partial charge in [-0.2, -0.15) is 13.2 Å². The molecule has 0 aliphatic heterocycles. The van der Waals surface area contributed by atoms with E-state index in [1.54, 1.807) is 0 Å². The third kappa shape index (κ3) is 2.49. The molecule has 1 aromatic carbocycles. The van der Waals surface area contributed by atoms with Crippen LogP contribution in [0.25, 0.3) is 0 Å². The molecule has 1 aliphatic carbocycles. The standard InChI is InChI=1S/C13H13F3O2/c14-13(15,16)11-7-9(12(17)18)5-6-10(11)8-3-1-2-4-8/h5-8H,1-4H2,(H,17,18). The molecule has 0 spiro atoms. The summed E-state index contributed by atoms with van der Waals surface area (Å²) in [4.78, 5) is 10.7. The van der Waals surface area contributed by atoms with E-state index >= 15 is 0 Å². The average Bonchev–Trinajstić information content (AvgIpc) is 2.80. The van der Waals surface area contributed by atoms with Crippen molar-refractivity contribution in [2.45, 2.75) is 37.8 Å². The smallest absolute Gasteiger partial charge is 0.416 e. The molecular weight excluding hydrogens is 245 g/mol. The second-order valence-electron chi connectivity index (χ2n) is 4.59. The van der Waals surface area contributed by atoms with Crippen LogP contribution >= 0.6 is 0 Å². The Labute approximate surface area is 102 Å². The Kier molecular flexibility index (Phi) is 3.32. The minimum absolute atomic E-state index is 0.0931. The molecule has 0 saturated heterocycles. The third-order valence-electron chi connectivity index (χ3n) is 3.40. The number of carboxylic acid groups (broad SMARTS) is 1. The molecule has 1 saturated carbocycles. The van der Waals surface area contributed by atoms with Crippen molar-refractivity contribution < 1.29 is 23.1 Å². The molecule has 0 atom stereocenters. The molecular formula is C13H13F3O2. The van der Waals surface area contributed by atoms with Crippen molar-refractivity contribution in [1.29, 1.82) is 0 Å². The first-order valence-electron chi connectivity index (χ1n) is 5.84. The summed E-state index contributed by atoms with van der Waals surface area (Å²) in [6.45, 7) is 0. The van der Waals surface area contributed by atoms with Crippen molar-refractivity contribution >= 4 is 5.97 Å². The minimum Gasteiger partial charge on any atom is -0.478 e. The molecule has 0 amide bonds. The molecule has 0 aromatic heterocycles.